The lowest BCUT2D eigenvalue weighted by Gasteiger charge is -1.89. The van der Waals surface area contributed by atoms with Crippen molar-refractivity contribution < 1.29 is 4.57 Å². The second kappa shape index (κ2) is 2.71. The Labute approximate surface area is 53.0 Å². The summed E-state index contributed by atoms with van der Waals surface area (Å²) in [4.78, 5) is 7.28. The lowest BCUT2D eigenvalue weighted by Crippen LogP contribution is -2.02. The average molecular weight is 143 g/mol. The van der Waals surface area contributed by atoms with Gasteiger partial charge < -0.3 is 4.57 Å². The summed E-state index contributed by atoms with van der Waals surface area (Å²) in [5, 5.41) is 0.516. The van der Waals surface area contributed by atoms with Crippen LogP contribution in [0.15, 0.2) is 18.7 Å². The molecule has 0 spiro atoms. The third-order valence-electron chi connectivity index (χ3n) is 0.845. The molecule has 4 nitrogen and oxygen atoms in total. The number of rotatable bonds is 1. The molecule has 1 atom stereocenters. The van der Waals surface area contributed by atoms with Crippen molar-refractivity contribution >= 4 is 13.3 Å². The molecule has 1 heterocycles. The summed E-state index contributed by atoms with van der Waals surface area (Å²) in [6.45, 7) is 0. The predicted molar refractivity (Wildman–Crippen MR) is 34.9 cm³/mol. The maximum absolute atomic E-state index is 10.5. The van der Waals surface area contributed by atoms with Gasteiger partial charge >= 0.3 is 0 Å². The quantitative estimate of drug-likeness (QED) is 0.540. The molecule has 2 N–H and O–H groups in total. The Bertz CT molecular complexity index is 212. The molecule has 0 bridgehead atoms. The van der Waals surface area contributed by atoms with Gasteiger partial charge in [-0.15, -0.1) is 0 Å². The maximum atomic E-state index is 10.5. The van der Waals surface area contributed by atoms with Crippen LogP contribution in [-0.4, -0.2) is 9.97 Å². The van der Waals surface area contributed by atoms with Crippen LogP contribution in [0.25, 0.3) is 0 Å². The van der Waals surface area contributed by atoms with Crippen molar-refractivity contribution in [2.45, 2.75) is 0 Å². The number of nitrogens with zero attached hydrogens (tertiary/aromatic N) is 2. The lowest BCUT2D eigenvalue weighted by atomic mass is 10.7. The number of nitrogens with two attached hydrogens (primary N) is 1. The van der Waals surface area contributed by atoms with Crippen LogP contribution >= 0.6 is 7.95 Å². The largest absolute Gasteiger partial charge is 0.305 e. The second-order valence-electron chi connectivity index (χ2n) is 1.49. The molecule has 0 saturated heterocycles. The fraction of sp³-hybridized carbons (Fsp3) is 0. The highest BCUT2D eigenvalue weighted by Gasteiger charge is 1.93. The van der Waals surface area contributed by atoms with Crippen LogP contribution in [0.1, 0.15) is 0 Å². The van der Waals surface area contributed by atoms with Gasteiger partial charge in [0.1, 0.15) is 6.33 Å². The summed E-state index contributed by atoms with van der Waals surface area (Å²) in [6.07, 6.45) is 4.27. The summed E-state index contributed by atoms with van der Waals surface area (Å²) in [5.41, 5.74) is 5.08. The summed E-state index contributed by atoms with van der Waals surface area (Å²) < 4.78 is 10.5. The van der Waals surface area contributed by atoms with Crippen LogP contribution < -0.4 is 10.8 Å². The zero-order valence-corrected chi connectivity index (χ0v) is 5.61. The van der Waals surface area contributed by atoms with E-state index in [1.807, 2.05) is 0 Å². The van der Waals surface area contributed by atoms with Gasteiger partial charge in [-0.1, -0.05) is 0 Å². The molecule has 1 aromatic heterocycles. The highest BCUT2D eigenvalue weighted by Crippen LogP contribution is 2.03. The molecule has 0 aliphatic heterocycles. The van der Waals surface area contributed by atoms with Crippen LogP contribution in [0.3, 0.4) is 0 Å². The monoisotopic (exact) mass is 143 g/mol. The first kappa shape index (κ1) is 6.39. The van der Waals surface area contributed by atoms with Gasteiger partial charge in [0.25, 0.3) is 0 Å². The van der Waals surface area contributed by atoms with Crippen LogP contribution in [0.4, 0.5) is 0 Å². The minimum Gasteiger partial charge on any atom is -0.305 e. The van der Waals surface area contributed by atoms with E-state index in [1.54, 1.807) is 0 Å². The highest BCUT2D eigenvalue weighted by molar-refractivity contribution is 7.50. The molecule has 1 rings (SSSR count). The minimum absolute atomic E-state index is 0.516. The van der Waals surface area contributed by atoms with Crippen molar-refractivity contribution in [2.24, 2.45) is 5.50 Å². The molecular weight excluding hydrogens is 137 g/mol. The van der Waals surface area contributed by atoms with E-state index in [4.69, 9.17) is 5.50 Å². The van der Waals surface area contributed by atoms with Crippen molar-refractivity contribution in [3.8, 4) is 0 Å². The summed E-state index contributed by atoms with van der Waals surface area (Å²) in [7, 11) is -2.09. The molecule has 0 aromatic carbocycles. The Morgan fingerprint density at radius 3 is 2.33 bits per heavy atom. The normalized spacial score (nSPS) is 13.0. The number of aromatic nitrogens is 2. The first-order valence-corrected chi connectivity index (χ1v) is 3.84. The van der Waals surface area contributed by atoms with Gasteiger partial charge in [-0.3, -0.25) is 5.50 Å². The molecule has 9 heavy (non-hydrogen) atoms. The zero-order chi connectivity index (χ0) is 6.69. The van der Waals surface area contributed by atoms with Crippen LogP contribution in [0.5, 0.6) is 0 Å². The van der Waals surface area contributed by atoms with Crippen molar-refractivity contribution in [2.75, 3.05) is 0 Å². The predicted octanol–water partition coefficient (Wildman–Crippen LogP) is -0.465. The molecule has 1 unspecified atom stereocenters. The van der Waals surface area contributed by atoms with Crippen LogP contribution in [0, 0.1) is 0 Å². The van der Waals surface area contributed by atoms with E-state index in [-0.39, 0.29) is 0 Å². The maximum Gasteiger partial charge on any atom is 0.165 e. The van der Waals surface area contributed by atoms with Crippen LogP contribution in [0.2, 0.25) is 0 Å². The standard InChI is InChI=1S/C4H6N3OP/c5-9(8)4-1-6-3-7-2-4/h1-3,9H,(H2,5,8). The topological polar surface area (TPSA) is 68.9 Å². The zero-order valence-electron chi connectivity index (χ0n) is 4.61. The molecule has 0 fully saturated rings. The fourth-order valence-electron chi connectivity index (χ4n) is 0.426. The molecular formula is C4H6N3OP. The molecule has 0 radical (unpaired) electrons. The van der Waals surface area contributed by atoms with E-state index >= 15 is 0 Å². The van der Waals surface area contributed by atoms with Crippen molar-refractivity contribution in [1.29, 1.82) is 0 Å². The third kappa shape index (κ3) is 1.59. The first-order valence-electron chi connectivity index (χ1n) is 2.35. The minimum atomic E-state index is -2.09. The Kier molecular flexibility index (Phi) is 1.92. The van der Waals surface area contributed by atoms with Crippen LogP contribution in [-0.2, 0) is 4.57 Å². The van der Waals surface area contributed by atoms with Crippen molar-refractivity contribution in [3.63, 3.8) is 0 Å². The molecule has 1 aromatic rings. The third-order valence-corrected chi connectivity index (χ3v) is 1.67. The summed E-state index contributed by atoms with van der Waals surface area (Å²) >= 11 is 0. The van der Waals surface area contributed by atoms with E-state index in [0.29, 0.717) is 5.30 Å². The second-order valence-corrected chi connectivity index (χ2v) is 2.80. The van der Waals surface area contributed by atoms with E-state index in [0.717, 1.165) is 0 Å². The Balaban J connectivity index is 2.98. The lowest BCUT2D eigenvalue weighted by molar-refractivity contribution is 0.594. The van der Waals surface area contributed by atoms with Gasteiger partial charge in [0, 0.05) is 12.4 Å². The van der Waals surface area contributed by atoms with Gasteiger partial charge in [0.05, 0.1) is 5.30 Å². The molecule has 0 amide bonds. The van der Waals surface area contributed by atoms with Crippen molar-refractivity contribution in [3.05, 3.63) is 18.7 Å². The van der Waals surface area contributed by atoms with Gasteiger partial charge in [-0.05, 0) is 0 Å². The molecule has 5 heteroatoms. The summed E-state index contributed by atoms with van der Waals surface area (Å²) in [6, 6.07) is 0. The molecule has 48 valence electrons. The number of hydrogen-bond donors (Lipinski definition) is 1. The molecule has 0 aliphatic carbocycles. The Morgan fingerprint density at radius 2 is 2.00 bits per heavy atom. The van der Waals surface area contributed by atoms with Crippen molar-refractivity contribution in [1.82, 2.24) is 9.97 Å². The summed E-state index contributed by atoms with van der Waals surface area (Å²) in [5.74, 6) is 0. The van der Waals surface area contributed by atoms with E-state index in [9.17, 15) is 4.57 Å². The van der Waals surface area contributed by atoms with Gasteiger partial charge in [-0.2, -0.15) is 0 Å². The van der Waals surface area contributed by atoms with E-state index in [2.05, 4.69) is 9.97 Å². The first-order chi connectivity index (χ1) is 4.30. The highest BCUT2D eigenvalue weighted by atomic mass is 31.1. The van der Waals surface area contributed by atoms with Gasteiger partial charge in [-0.25, -0.2) is 9.97 Å². The smallest absolute Gasteiger partial charge is 0.165 e. The average Bonchev–Trinajstić information content (AvgIpc) is 1.90. The van der Waals surface area contributed by atoms with Gasteiger partial charge in [0.15, 0.2) is 7.95 Å². The number of hydrogen-bond acceptors (Lipinski definition) is 3. The van der Waals surface area contributed by atoms with Gasteiger partial charge in [0.2, 0.25) is 0 Å². The SMILES string of the molecule is N[PH](=O)c1cncnc1. The van der Waals surface area contributed by atoms with E-state index in [1.165, 1.54) is 18.7 Å². The molecule has 0 saturated carbocycles. The molecule has 0 aliphatic rings. The fourth-order valence-corrected chi connectivity index (χ4v) is 0.830. The Morgan fingerprint density at radius 1 is 1.44 bits per heavy atom. The van der Waals surface area contributed by atoms with E-state index < -0.39 is 7.95 Å². The Hall–Kier alpha value is -0.730.